The molecule has 1 atom stereocenters. The van der Waals surface area contributed by atoms with Gasteiger partial charge in [-0.2, -0.15) is 65.5 Å². The van der Waals surface area contributed by atoms with Crippen LogP contribution in [0, 0.1) is 0 Å². The van der Waals surface area contributed by atoms with Gasteiger partial charge in [-0.3, -0.25) is 4.55 Å². The van der Waals surface area contributed by atoms with E-state index in [2.05, 4.69) is 4.74 Å². The summed E-state index contributed by atoms with van der Waals surface area (Å²) in [6.45, 7) is -4.45. The standard InChI is InChI=1S/C11H10F14O5S/c12-5(1-2-31(26,27)28)3-29-4-6(13,14)10(22,23)30-11(24,25)8(17,18)7(15,16)9(19,20)21/h5H,1-4H2,(H,26,27,28)/t5-/m0/s1. The molecule has 0 radical (unpaired) electrons. The summed E-state index contributed by atoms with van der Waals surface area (Å²) < 4.78 is 212. The minimum Gasteiger partial charge on any atom is -0.372 e. The van der Waals surface area contributed by atoms with E-state index < -0.39 is 77.8 Å². The van der Waals surface area contributed by atoms with E-state index in [4.69, 9.17) is 4.55 Å². The molecule has 0 unspecified atom stereocenters. The minimum absolute atomic E-state index is 1.13. The van der Waals surface area contributed by atoms with Crippen LogP contribution in [0.5, 0.6) is 0 Å². The maximum atomic E-state index is 13.2. The van der Waals surface area contributed by atoms with Crippen LogP contribution in [0.1, 0.15) is 6.42 Å². The highest BCUT2D eigenvalue weighted by atomic mass is 32.2. The van der Waals surface area contributed by atoms with Gasteiger partial charge in [0.25, 0.3) is 10.1 Å². The first kappa shape index (κ1) is 29.8. The van der Waals surface area contributed by atoms with Crippen LogP contribution in [0.2, 0.25) is 0 Å². The number of alkyl halides is 14. The Balaban J connectivity index is 5.30. The Bertz CT molecular complexity index is 704. The van der Waals surface area contributed by atoms with Gasteiger partial charge in [0.15, 0.2) is 0 Å². The van der Waals surface area contributed by atoms with Crippen LogP contribution < -0.4 is 0 Å². The summed E-state index contributed by atoms with van der Waals surface area (Å²) in [6, 6.07) is 0. The molecule has 0 amide bonds. The first-order chi connectivity index (χ1) is 13.3. The van der Waals surface area contributed by atoms with Crippen molar-refractivity contribution in [1.29, 1.82) is 0 Å². The monoisotopic (exact) mass is 520 g/mol. The number of halogens is 14. The Kier molecular flexibility index (Phi) is 8.67. The highest BCUT2D eigenvalue weighted by Gasteiger charge is 2.84. The summed E-state index contributed by atoms with van der Waals surface area (Å²) in [4.78, 5) is 0. The normalized spacial score (nSPS) is 16.5. The highest BCUT2D eigenvalue weighted by Crippen LogP contribution is 2.55. The summed E-state index contributed by atoms with van der Waals surface area (Å²) in [6.07, 6.45) is -25.4. The molecule has 0 saturated carbocycles. The van der Waals surface area contributed by atoms with Gasteiger partial charge in [0.05, 0.1) is 12.4 Å². The van der Waals surface area contributed by atoms with E-state index in [1.165, 1.54) is 0 Å². The molecule has 188 valence electrons. The molecule has 5 nitrogen and oxygen atoms in total. The molecule has 0 aliphatic carbocycles. The van der Waals surface area contributed by atoms with Gasteiger partial charge in [0.2, 0.25) is 0 Å². The molecule has 1 N–H and O–H groups in total. The Morgan fingerprint density at radius 2 is 1.23 bits per heavy atom. The van der Waals surface area contributed by atoms with Crippen molar-refractivity contribution in [3.8, 4) is 0 Å². The van der Waals surface area contributed by atoms with E-state index in [0.717, 1.165) is 0 Å². The lowest BCUT2D eigenvalue weighted by atomic mass is 10.1. The number of rotatable bonds is 12. The van der Waals surface area contributed by atoms with Crippen LogP contribution in [-0.4, -0.2) is 74.3 Å². The van der Waals surface area contributed by atoms with Gasteiger partial charge in [-0.1, -0.05) is 0 Å². The molecule has 0 spiro atoms. The zero-order valence-electron chi connectivity index (χ0n) is 14.2. The maximum absolute atomic E-state index is 13.2. The summed E-state index contributed by atoms with van der Waals surface area (Å²) >= 11 is 0. The fourth-order valence-electron chi connectivity index (χ4n) is 1.42. The third kappa shape index (κ3) is 7.17. The number of ether oxygens (including phenoxy) is 2. The van der Waals surface area contributed by atoms with E-state index in [9.17, 15) is 69.9 Å². The highest BCUT2D eigenvalue weighted by molar-refractivity contribution is 7.85. The molecule has 0 heterocycles. The van der Waals surface area contributed by atoms with Gasteiger partial charge in [0, 0.05) is 0 Å². The fourth-order valence-corrected chi connectivity index (χ4v) is 1.97. The van der Waals surface area contributed by atoms with Crippen molar-refractivity contribution < 1.29 is 83.9 Å². The zero-order chi connectivity index (χ0) is 25.3. The molecule has 0 saturated heterocycles. The largest absolute Gasteiger partial charge is 0.460 e. The lowest BCUT2D eigenvalue weighted by molar-refractivity contribution is -0.503. The van der Waals surface area contributed by atoms with Crippen LogP contribution in [0.15, 0.2) is 0 Å². The van der Waals surface area contributed by atoms with Gasteiger partial charge in [0.1, 0.15) is 12.8 Å². The van der Waals surface area contributed by atoms with Crippen LogP contribution in [0.3, 0.4) is 0 Å². The lowest BCUT2D eigenvalue weighted by Crippen LogP contribution is -2.64. The van der Waals surface area contributed by atoms with Crippen molar-refractivity contribution >= 4 is 10.1 Å². The van der Waals surface area contributed by atoms with Crippen molar-refractivity contribution in [3.63, 3.8) is 0 Å². The van der Waals surface area contributed by atoms with Gasteiger partial charge >= 0.3 is 36.2 Å². The molecule has 0 fully saturated rings. The zero-order valence-corrected chi connectivity index (χ0v) is 15.0. The number of hydrogen-bond donors (Lipinski definition) is 1. The molecule has 0 bridgehead atoms. The quantitative estimate of drug-likeness (QED) is 0.307. The molecule has 0 aromatic carbocycles. The van der Waals surface area contributed by atoms with Crippen LogP contribution >= 0.6 is 0 Å². The molecular formula is C11H10F14O5S. The molecular weight excluding hydrogens is 510 g/mol. The fraction of sp³-hybridized carbons (Fsp3) is 1.00. The van der Waals surface area contributed by atoms with E-state index >= 15 is 0 Å². The Labute approximate surface area is 163 Å². The van der Waals surface area contributed by atoms with Gasteiger partial charge in [-0.05, 0) is 6.42 Å². The Hall–Kier alpha value is -1.15. The second-order valence-electron chi connectivity index (χ2n) is 5.67. The van der Waals surface area contributed by atoms with Crippen LogP contribution in [0.4, 0.5) is 61.5 Å². The van der Waals surface area contributed by atoms with Crippen molar-refractivity contribution in [2.24, 2.45) is 0 Å². The van der Waals surface area contributed by atoms with Gasteiger partial charge in [-0.25, -0.2) is 9.13 Å². The molecule has 0 aromatic heterocycles. The average Bonchev–Trinajstić information content (AvgIpc) is 2.49. The van der Waals surface area contributed by atoms with Crippen molar-refractivity contribution in [2.45, 2.75) is 48.8 Å². The first-order valence-corrected chi connectivity index (χ1v) is 8.74. The van der Waals surface area contributed by atoms with Gasteiger partial charge in [-0.15, -0.1) is 0 Å². The average molecular weight is 520 g/mol. The predicted molar refractivity (Wildman–Crippen MR) is 68.6 cm³/mol. The maximum Gasteiger partial charge on any atom is 0.460 e. The smallest absolute Gasteiger partial charge is 0.372 e. The van der Waals surface area contributed by atoms with E-state index in [1.54, 1.807) is 4.74 Å². The molecule has 20 heteroatoms. The van der Waals surface area contributed by atoms with Crippen LogP contribution in [0.25, 0.3) is 0 Å². The summed E-state index contributed by atoms with van der Waals surface area (Å²) in [5, 5.41) is 0. The Morgan fingerprint density at radius 1 is 0.774 bits per heavy atom. The first-order valence-electron chi connectivity index (χ1n) is 7.14. The molecule has 0 aromatic rings. The van der Waals surface area contributed by atoms with Crippen LogP contribution in [-0.2, 0) is 19.6 Å². The summed E-state index contributed by atoms with van der Waals surface area (Å²) in [7, 11) is -4.73. The third-order valence-electron chi connectivity index (χ3n) is 3.07. The van der Waals surface area contributed by atoms with E-state index in [-0.39, 0.29) is 0 Å². The molecule has 0 aliphatic rings. The summed E-state index contributed by atoms with van der Waals surface area (Å²) in [5.74, 6) is -22.9. The number of hydrogen-bond acceptors (Lipinski definition) is 4. The SMILES string of the molecule is O=S(=O)(O)CC[C@H](F)COCC(F)(F)C(F)(F)OC(F)(F)C(F)(F)C(F)(F)C(F)(F)F. The van der Waals surface area contributed by atoms with E-state index in [0.29, 0.717) is 0 Å². The molecule has 0 aliphatic heterocycles. The molecule has 0 rings (SSSR count). The minimum atomic E-state index is -7.78. The van der Waals surface area contributed by atoms with Crippen molar-refractivity contribution in [2.75, 3.05) is 19.0 Å². The molecule has 31 heavy (non-hydrogen) atoms. The second-order valence-corrected chi connectivity index (χ2v) is 7.25. The van der Waals surface area contributed by atoms with Crippen molar-refractivity contribution in [3.05, 3.63) is 0 Å². The second kappa shape index (κ2) is 9.00. The topological polar surface area (TPSA) is 72.8 Å². The lowest BCUT2D eigenvalue weighted by Gasteiger charge is -2.36. The van der Waals surface area contributed by atoms with Crippen molar-refractivity contribution in [1.82, 2.24) is 0 Å². The van der Waals surface area contributed by atoms with Gasteiger partial charge < -0.3 is 4.74 Å². The van der Waals surface area contributed by atoms with E-state index in [1.807, 2.05) is 0 Å². The third-order valence-corrected chi connectivity index (χ3v) is 3.82. The Morgan fingerprint density at radius 3 is 1.61 bits per heavy atom. The predicted octanol–water partition coefficient (Wildman–Crippen LogP) is 4.29. The summed E-state index contributed by atoms with van der Waals surface area (Å²) in [5.41, 5.74) is 0.